The van der Waals surface area contributed by atoms with Gasteiger partial charge in [-0.25, -0.2) is 0 Å². The van der Waals surface area contributed by atoms with Crippen LogP contribution in [0.3, 0.4) is 0 Å². The normalized spacial score (nSPS) is 15.8. The van der Waals surface area contributed by atoms with E-state index in [0.717, 1.165) is 54.9 Å². The lowest BCUT2D eigenvalue weighted by atomic mass is 10.2. The van der Waals surface area contributed by atoms with Gasteiger partial charge in [0.05, 0.1) is 26.2 Å². The van der Waals surface area contributed by atoms with Gasteiger partial charge in [0.1, 0.15) is 0 Å². The van der Waals surface area contributed by atoms with Crippen LogP contribution in [0.15, 0.2) is 30.3 Å². The van der Waals surface area contributed by atoms with Gasteiger partial charge >= 0.3 is 0 Å². The number of aromatic nitrogens is 2. The van der Waals surface area contributed by atoms with Crippen LogP contribution in [-0.2, 0) is 6.67 Å². The van der Waals surface area contributed by atoms with Crippen LogP contribution in [0.1, 0.15) is 13.3 Å². The molecule has 124 valence electrons. The summed E-state index contributed by atoms with van der Waals surface area (Å²) in [6.45, 7) is 8.36. The number of para-hydroxylation sites is 1. The number of nitrogens with one attached hydrogen (secondary N) is 2. The lowest BCUT2D eigenvalue weighted by molar-refractivity contribution is -0.924. The molecule has 0 unspecified atom stereocenters. The van der Waals surface area contributed by atoms with E-state index in [1.54, 1.807) is 16.2 Å². The van der Waals surface area contributed by atoms with E-state index < -0.39 is 0 Å². The van der Waals surface area contributed by atoms with Gasteiger partial charge in [0.25, 0.3) is 0 Å². The molecule has 5 nitrogen and oxygen atoms in total. The Morgan fingerprint density at radius 2 is 2.00 bits per heavy atom. The monoisotopic (exact) mass is 350 g/mol. The average molecular weight is 351 g/mol. The van der Waals surface area contributed by atoms with Crippen molar-refractivity contribution in [3.63, 3.8) is 0 Å². The van der Waals surface area contributed by atoms with Crippen molar-refractivity contribution in [1.29, 1.82) is 0 Å². The molecule has 1 saturated heterocycles. The third kappa shape index (κ3) is 4.31. The molecule has 23 heavy (non-hydrogen) atoms. The van der Waals surface area contributed by atoms with Crippen molar-refractivity contribution in [2.24, 2.45) is 0 Å². The molecule has 2 N–H and O–H groups in total. The van der Waals surface area contributed by atoms with Crippen LogP contribution in [0.2, 0.25) is 0 Å². The van der Waals surface area contributed by atoms with Gasteiger partial charge in [-0.3, -0.25) is 0 Å². The van der Waals surface area contributed by atoms with Gasteiger partial charge in [0.15, 0.2) is 10.6 Å². The van der Waals surface area contributed by atoms with Gasteiger partial charge in [0, 0.05) is 12.2 Å². The fourth-order valence-corrected chi connectivity index (χ4v) is 3.83. The molecule has 1 aromatic carbocycles. The van der Waals surface area contributed by atoms with Crippen molar-refractivity contribution in [2.75, 3.05) is 42.9 Å². The zero-order valence-electron chi connectivity index (χ0n) is 13.5. The Morgan fingerprint density at radius 3 is 2.70 bits per heavy atom. The van der Waals surface area contributed by atoms with E-state index in [2.05, 4.69) is 52.6 Å². The lowest BCUT2D eigenvalue weighted by Gasteiger charge is -2.33. The molecule has 1 aliphatic heterocycles. The Balaban J connectivity index is 1.55. The summed E-state index contributed by atoms with van der Waals surface area (Å²) in [4.78, 5) is 4.00. The summed E-state index contributed by atoms with van der Waals surface area (Å²) >= 11 is 7.02. The van der Waals surface area contributed by atoms with Crippen molar-refractivity contribution in [1.82, 2.24) is 9.78 Å². The summed E-state index contributed by atoms with van der Waals surface area (Å²) in [5, 5.41) is 8.87. The van der Waals surface area contributed by atoms with Crippen LogP contribution in [-0.4, -0.2) is 42.5 Å². The maximum absolute atomic E-state index is 5.45. The molecule has 1 fully saturated rings. The highest BCUT2D eigenvalue weighted by atomic mass is 32.1. The molecule has 3 rings (SSSR count). The number of hydrogen-bond acceptors (Lipinski definition) is 5. The van der Waals surface area contributed by atoms with Crippen molar-refractivity contribution < 1.29 is 4.90 Å². The first kappa shape index (κ1) is 16.4. The fraction of sp³-hybridized carbons (Fsp3) is 0.500. The van der Waals surface area contributed by atoms with Crippen LogP contribution in [0.5, 0.6) is 0 Å². The average Bonchev–Trinajstić information content (AvgIpc) is 2.94. The van der Waals surface area contributed by atoms with E-state index in [-0.39, 0.29) is 0 Å². The summed E-state index contributed by atoms with van der Waals surface area (Å²) in [7, 11) is 0. The van der Waals surface area contributed by atoms with E-state index in [1.807, 2.05) is 4.68 Å². The molecule has 0 bridgehead atoms. The van der Waals surface area contributed by atoms with E-state index in [9.17, 15) is 0 Å². The largest absolute Gasteiger partial charge is 0.360 e. The third-order valence-electron chi connectivity index (χ3n) is 4.10. The minimum atomic E-state index is 0.863. The van der Waals surface area contributed by atoms with E-state index in [0.29, 0.717) is 0 Å². The number of anilines is 2. The highest BCUT2D eigenvalue weighted by molar-refractivity contribution is 7.73. The summed E-state index contributed by atoms with van der Waals surface area (Å²) < 4.78 is 2.84. The Kier molecular flexibility index (Phi) is 5.64. The maximum atomic E-state index is 5.45. The summed E-state index contributed by atoms with van der Waals surface area (Å²) in [5.41, 5.74) is 1.32. The standard InChI is InChI=1S/C16H23N5S2/c1-2-8-17-15-18-21(16(22)23-15)13-19-9-11-20(12-10-19)14-6-4-3-5-7-14/h3-7H,2,8-13H2,1H3,(H,17,18)/p+1. The SMILES string of the molecule is CCCNc1nn(C[NH+]2CCN(c3ccccc3)CC2)c(=S)s1. The zero-order valence-corrected chi connectivity index (χ0v) is 15.1. The van der Waals surface area contributed by atoms with Crippen molar-refractivity contribution in [3.8, 4) is 0 Å². The van der Waals surface area contributed by atoms with Gasteiger partial charge in [-0.2, -0.15) is 4.68 Å². The number of benzene rings is 1. The zero-order chi connectivity index (χ0) is 16.1. The van der Waals surface area contributed by atoms with Crippen LogP contribution >= 0.6 is 23.6 Å². The minimum Gasteiger partial charge on any atom is -0.360 e. The van der Waals surface area contributed by atoms with E-state index >= 15 is 0 Å². The third-order valence-corrected chi connectivity index (χ3v) is 5.36. The van der Waals surface area contributed by atoms with Crippen molar-refractivity contribution in [2.45, 2.75) is 20.0 Å². The molecule has 0 amide bonds. The molecular formula is C16H24N5S2+. The van der Waals surface area contributed by atoms with Crippen LogP contribution in [0.4, 0.5) is 10.8 Å². The molecule has 0 saturated carbocycles. The Bertz CT molecular complexity index is 659. The molecule has 2 heterocycles. The summed E-state index contributed by atoms with van der Waals surface area (Å²) in [5.74, 6) is 0. The molecular weight excluding hydrogens is 326 g/mol. The van der Waals surface area contributed by atoms with E-state index in [1.165, 1.54) is 5.69 Å². The van der Waals surface area contributed by atoms with Crippen LogP contribution in [0.25, 0.3) is 0 Å². The second kappa shape index (κ2) is 7.90. The van der Waals surface area contributed by atoms with Crippen molar-refractivity contribution >= 4 is 34.4 Å². The summed E-state index contributed by atoms with van der Waals surface area (Å²) in [6, 6.07) is 10.7. The van der Waals surface area contributed by atoms with Crippen LogP contribution < -0.4 is 15.1 Å². The highest BCUT2D eigenvalue weighted by Gasteiger charge is 2.21. The maximum Gasteiger partial charge on any atom is 0.204 e. The second-order valence-corrected chi connectivity index (χ2v) is 7.45. The molecule has 7 heteroatoms. The number of quaternary nitrogens is 1. The number of nitrogens with zero attached hydrogens (tertiary/aromatic N) is 3. The number of piperazine rings is 1. The first-order chi connectivity index (χ1) is 11.3. The first-order valence-corrected chi connectivity index (χ1v) is 9.44. The molecule has 0 radical (unpaired) electrons. The van der Waals surface area contributed by atoms with Crippen LogP contribution in [0, 0.1) is 3.95 Å². The minimum absolute atomic E-state index is 0.863. The number of hydrogen-bond donors (Lipinski definition) is 2. The van der Waals surface area contributed by atoms with Gasteiger partial charge in [-0.1, -0.05) is 36.5 Å². The Hall–Kier alpha value is -1.44. The predicted molar refractivity (Wildman–Crippen MR) is 99.1 cm³/mol. The van der Waals surface area contributed by atoms with Crippen molar-refractivity contribution in [3.05, 3.63) is 34.3 Å². The molecule has 1 aromatic heterocycles. The quantitative estimate of drug-likeness (QED) is 0.780. The van der Waals surface area contributed by atoms with Gasteiger partial charge in [-0.05, 0) is 30.8 Å². The van der Waals surface area contributed by atoms with Gasteiger partial charge < -0.3 is 15.1 Å². The molecule has 0 atom stereocenters. The topological polar surface area (TPSA) is 37.5 Å². The molecule has 0 spiro atoms. The van der Waals surface area contributed by atoms with Gasteiger partial charge in [-0.15, -0.1) is 5.10 Å². The lowest BCUT2D eigenvalue weighted by Crippen LogP contribution is -3.14. The van der Waals surface area contributed by atoms with E-state index in [4.69, 9.17) is 12.2 Å². The predicted octanol–water partition coefficient (Wildman–Crippen LogP) is 1.86. The fourth-order valence-electron chi connectivity index (χ4n) is 2.80. The smallest absolute Gasteiger partial charge is 0.204 e. The highest BCUT2D eigenvalue weighted by Crippen LogP contribution is 2.14. The Morgan fingerprint density at radius 1 is 1.26 bits per heavy atom. The van der Waals surface area contributed by atoms with Gasteiger partial charge in [0.2, 0.25) is 5.13 Å². The first-order valence-electron chi connectivity index (χ1n) is 8.21. The number of rotatable bonds is 6. The second-order valence-electron chi connectivity index (χ2n) is 5.83. The molecule has 2 aromatic rings. The molecule has 1 aliphatic rings. The Labute approximate surface area is 146 Å². The molecule has 0 aliphatic carbocycles. The summed E-state index contributed by atoms with van der Waals surface area (Å²) in [6.07, 6.45) is 1.10.